The minimum Gasteiger partial charge on any atom is -0.480 e. The summed E-state index contributed by atoms with van der Waals surface area (Å²) in [5.41, 5.74) is 0.723. The first kappa shape index (κ1) is 13.6. The molecule has 0 radical (unpaired) electrons. The molecular weight excluding hydrogens is 240 g/mol. The first-order valence-electron chi connectivity index (χ1n) is 5.49. The van der Waals surface area contributed by atoms with E-state index in [9.17, 15) is 9.59 Å². The van der Waals surface area contributed by atoms with Gasteiger partial charge >= 0.3 is 5.97 Å². The Hall–Kier alpha value is -1.43. The smallest absolute Gasteiger partial charge is 0.323 e. The fraction of sp³-hybridized carbons (Fsp3) is 0.545. The van der Waals surface area contributed by atoms with E-state index in [1.54, 1.807) is 6.92 Å². The van der Waals surface area contributed by atoms with Crippen LogP contribution in [0.1, 0.15) is 24.5 Å². The van der Waals surface area contributed by atoms with Crippen molar-refractivity contribution >= 4 is 23.2 Å². The van der Waals surface area contributed by atoms with Crippen molar-refractivity contribution in [1.29, 1.82) is 0 Å². The number of hydrogen-bond donors (Lipinski definition) is 1. The Bertz CT molecular complexity index is 403. The Morgan fingerprint density at radius 1 is 1.47 bits per heavy atom. The molecule has 1 rings (SSSR count). The van der Waals surface area contributed by atoms with Gasteiger partial charge in [-0.05, 0) is 13.3 Å². The van der Waals surface area contributed by atoms with E-state index in [2.05, 4.69) is 4.98 Å². The maximum Gasteiger partial charge on any atom is 0.323 e. The predicted molar refractivity (Wildman–Crippen MR) is 65.1 cm³/mol. The summed E-state index contributed by atoms with van der Waals surface area (Å²) in [6, 6.07) is 0. The molecule has 1 amide bonds. The second kappa shape index (κ2) is 6.34. The number of aliphatic carboxylic acids is 1. The second-order valence-corrected chi connectivity index (χ2v) is 4.51. The molecule has 1 heterocycles. The number of hydrogen-bond acceptors (Lipinski definition) is 4. The van der Waals surface area contributed by atoms with E-state index < -0.39 is 5.97 Å². The number of thiazole rings is 1. The summed E-state index contributed by atoms with van der Waals surface area (Å²) in [4.78, 5) is 28.0. The fourth-order valence-corrected chi connectivity index (χ4v) is 2.14. The number of carboxylic acids is 1. The average Bonchev–Trinajstić information content (AvgIpc) is 2.73. The van der Waals surface area contributed by atoms with E-state index in [4.69, 9.17) is 5.11 Å². The molecule has 17 heavy (non-hydrogen) atoms. The van der Waals surface area contributed by atoms with Crippen LogP contribution >= 0.6 is 11.3 Å². The number of carboxylic acid groups (broad SMARTS) is 1. The first-order chi connectivity index (χ1) is 8.06. The molecule has 0 spiro atoms. The van der Waals surface area contributed by atoms with Gasteiger partial charge in [0.1, 0.15) is 6.54 Å². The number of aryl methyl sites for hydroxylation is 1. The van der Waals surface area contributed by atoms with Crippen LogP contribution in [0.4, 0.5) is 0 Å². The lowest BCUT2D eigenvalue weighted by Gasteiger charge is -2.17. The normalized spacial score (nSPS) is 10.2. The number of carbonyl (C=O) groups excluding carboxylic acids is 1. The summed E-state index contributed by atoms with van der Waals surface area (Å²) in [6.07, 6.45) is 1.03. The van der Waals surface area contributed by atoms with Crippen LogP contribution in [0.25, 0.3) is 0 Å². The van der Waals surface area contributed by atoms with Gasteiger partial charge in [0.15, 0.2) is 0 Å². The zero-order valence-corrected chi connectivity index (χ0v) is 10.8. The van der Waals surface area contributed by atoms with E-state index in [-0.39, 0.29) is 18.9 Å². The van der Waals surface area contributed by atoms with Gasteiger partial charge in [-0.25, -0.2) is 4.98 Å². The van der Waals surface area contributed by atoms with Gasteiger partial charge in [-0.15, -0.1) is 11.3 Å². The number of likely N-dealkylation sites (N-methyl/N-ethyl adjacent to an activating group) is 1. The molecule has 94 valence electrons. The molecule has 1 aromatic heterocycles. The number of amides is 1. The van der Waals surface area contributed by atoms with Gasteiger partial charge in [-0.2, -0.15) is 0 Å². The summed E-state index contributed by atoms with van der Waals surface area (Å²) in [7, 11) is 0. The van der Waals surface area contributed by atoms with Crippen molar-refractivity contribution in [3.05, 3.63) is 16.1 Å². The Morgan fingerprint density at radius 2 is 2.18 bits per heavy atom. The van der Waals surface area contributed by atoms with Gasteiger partial charge in [0.05, 0.1) is 17.1 Å². The van der Waals surface area contributed by atoms with E-state index in [0.717, 1.165) is 17.1 Å². The largest absolute Gasteiger partial charge is 0.480 e. The van der Waals surface area contributed by atoms with Gasteiger partial charge in [-0.1, -0.05) is 6.92 Å². The molecule has 0 atom stereocenters. The van der Waals surface area contributed by atoms with Crippen molar-refractivity contribution in [3.63, 3.8) is 0 Å². The van der Waals surface area contributed by atoms with E-state index in [1.165, 1.54) is 16.2 Å². The van der Waals surface area contributed by atoms with Gasteiger partial charge < -0.3 is 10.0 Å². The molecule has 0 aliphatic rings. The van der Waals surface area contributed by atoms with Crippen LogP contribution in [0.15, 0.2) is 5.38 Å². The molecule has 0 aliphatic heterocycles. The molecule has 1 N–H and O–H groups in total. The van der Waals surface area contributed by atoms with Crippen molar-refractivity contribution in [2.75, 3.05) is 13.1 Å². The van der Waals surface area contributed by atoms with Crippen LogP contribution in [0.2, 0.25) is 0 Å². The van der Waals surface area contributed by atoms with Gasteiger partial charge in [0, 0.05) is 11.9 Å². The lowest BCUT2D eigenvalue weighted by atomic mass is 10.3. The van der Waals surface area contributed by atoms with Crippen LogP contribution in [0.3, 0.4) is 0 Å². The Balaban J connectivity index is 2.60. The van der Waals surface area contributed by atoms with Crippen LogP contribution in [0.5, 0.6) is 0 Å². The van der Waals surface area contributed by atoms with E-state index >= 15 is 0 Å². The number of rotatable bonds is 6. The van der Waals surface area contributed by atoms with Gasteiger partial charge in [-0.3, -0.25) is 9.59 Å². The van der Waals surface area contributed by atoms with Crippen LogP contribution < -0.4 is 0 Å². The summed E-state index contributed by atoms with van der Waals surface area (Å²) in [5.74, 6) is -1.18. The first-order valence-corrected chi connectivity index (χ1v) is 6.37. The minimum absolute atomic E-state index is 0.178. The van der Waals surface area contributed by atoms with Gasteiger partial charge in [0.25, 0.3) is 0 Å². The molecule has 0 saturated heterocycles. The molecule has 0 aromatic carbocycles. The number of aromatic nitrogens is 1. The van der Waals surface area contributed by atoms with Crippen molar-refractivity contribution in [2.24, 2.45) is 0 Å². The highest BCUT2D eigenvalue weighted by molar-refractivity contribution is 7.09. The molecule has 5 nitrogen and oxygen atoms in total. The summed E-state index contributed by atoms with van der Waals surface area (Å²) >= 11 is 1.53. The highest BCUT2D eigenvalue weighted by Crippen LogP contribution is 2.11. The third kappa shape index (κ3) is 4.14. The van der Waals surface area contributed by atoms with Crippen molar-refractivity contribution < 1.29 is 14.7 Å². The molecule has 6 heteroatoms. The average molecular weight is 256 g/mol. The van der Waals surface area contributed by atoms with E-state index in [0.29, 0.717) is 6.54 Å². The quantitative estimate of drug-likeness (QED) is 0.829. The van der Waals surface area contributed by atoms with Crippen LogP contribution in [-0.4, -0.2) is 40.0 Å². The zero-order valence-electron chi connectivity index (χ0n) is 9.97. The van der Waals surface area contributed by atoms with Crippen molar-refractivity contribution in [1.82, 2.24) is 9.88 Å². The molecule has 0 unspecified atom stereocenters. The third-order valence-electron chi connectivity index (χ3n) is 2.29. The molecule has 0 bridgehead atoms. The highest BCUT2D eigenvalue weighted by Gasteiger charge is 2.16. The topological polar surface area (TPSA) is 70.5 Å². The summed E-state index contributed by atoms with van der Waals surface area (Å²) < 4.78 is 0. The van der Waals surface area contributed by atoms with Crippen LogP contribution in [-0.2, 0) is 22.4 Å². The predicted octanol–water partition coefficient (Wildman–Crippen LogP) is 1.18. The highest BCUT2D eigenvalue weighted by atomic mass is 32.1. The van der Waals surface area contributed by atoms with Crippen LogP contribution in [0, 0.1) is 0 Å². The van der Waals surface area contributed by atoms with E-state index in [1.807, 2.05) is 12.3 Å². The Labute approximate surface area is 104 Å². The molecule has 0 saturated carbocycles. The lowest BCUT2D eigenvalue weighted by Crippen LogP contribution is -2.36. The molecule has 1 aromatic rings. The summed E-state index contributed by atoms with van der Waals surface area (Å²) in [6.45, 7) is 3.92. The monoisotopic (exact) mass is 256 g/mol. The Kier molecular flexibility index (Phi) is 5.09. The second-order valence-electron chi connectivity index (χ2n) is 3.56. The van der Waals surface area contributed by atoms with Crippen molar-refractivity contribution in [3.8, 4) is 0 Å². The maximum atomic E-state index is 11.8. The standard InChI is InChI=1S/C11H16N2O3S/c1-3-9-12-8(7-17-9)5-10(14)13(4-2)6-11(15)16/h7H,3-6H2,1-2H3,(H,15,16). The molecule has 0 fully saturated rings. The fourth-order valence-electron chi connectivity index (χ4n) is 1.40. The zero-order chi connectivity index (χ0) is 12.8. The molecule has 0 aliphatic carbocycles. The van der Waals surface area contributed by atoms with Gasteiger partial charge in [0.2, 0.25) is 5.91 Å². The minimum atomic E-state index is -0.993. The SMILES string of the molecule is CCc1nc(CC(=O)N(CC)CC(=O)O)cs1. The Morgan fingerprint density at radius 3 is 2.65 bits per heavy atom. The summed E-state index contributed by atoms with van der Waals surface area (Å²) in [5, 5.41) is 11.5. The third-order valence-corrected chi connectivity index (χ3v) is 3.34. The maximum absolute atomic E-state index is 11.8. The number of carbonyl (C=O) groups is 2. The molecular formula is C11H16N2O3S. The number of nitrogens with zero attached hydrogens (tertiary/aromatic N) is 2. The van der Waals surface area contributed by atoms with Crippen molar-refractivity contribution in [2.45, 2.75) is 26.7 Å². The lowest BCUT2D eigenvalue weighted by molar-refractivity contribution is -0.144.